The Hall–Kier alpha value is -1.07. The van der Waals surface area contributed by atoms with Gasteiger partial charge in [-0.25, -0.2) is 8.42 Å². The topological polar surface area (TPSA) is 55.4 Å². The number of benzene rings is 1. The molecular weight excluding hydrogens is 262 g/mol. The van der Waals surface area contributed by atoms with Gasteiger partial charge in [0.1, 0.15) is 15.6 Å². The van der Waals surface area contributed by atoms with Gasteiger partial charge in [0.05, 0.1) is 12.9 Å². The van der Waals surface area contributed by atoms with Crippen LogP contribution in [-0.4, -0.2) is 33.6 Å². The number of sulfone groups is 1. The summed E-state index contributed by atoms with van der Waals surface area (Å²) in [5, 5.41) is 3.41. The highest BCUT2D eigenvalue weighted by Gasteiger charge is 2.25. The summed E-state index contributed by atoms with van der Waals surface area (Å²) in [6.07, 6.45) is 3.32. The number of methoxy groups -OCH3 is 1. The van der Waals surface area contributed by atoms with Gasteiger partial charge in [0, 0.05) is 18.3 Å². The van der Waals surface area contributed by atoms with E-state index in [4.69, 9.17) is 4.74 Å². The van der Waals surface area contributed by atoms with Crippen LogP contribution < -0.4 is 10.1 Å². The summed E-state index contributed by atoms with van der Waals surface area (Å²) in [5.74, 6) is 1.02. The molecule has 5 heteroatoms. The molecule has 0 saturated carbocycles. The van der Waals surface area contributed by atoms with Crippen molar-refractivity contribution in [3.05, 3.63) is 29.3 Å². The number of ether oxygens (including phenoxy) is 1. The van der Waals surface area contributed by atoms with Gasteiger partial charge in [0.2, 0.25) is 0 Å². The van der Waals surface area contributed by atoms with Gasteiger partial charge in [-0.2, -0.15) is 0 Å². The van der Waals surface area contributed by atoms with Crippen molar-refractivity contribution in [3.63, 3.8) is 0 Å². The van der Waals surface area contributed by atoms with Gasteiger partial charge >= 0.3 is 0 Å². The zero-order valence-electron chi connectivity index (χ0n) is 11.6. The molecule has 2 rings (SSSR count). The number of hydrogen-bond donors (Lipinski definition) is 1. The molecule has 0 bridgehead atoms. The first kappa shape index (κ1) is 14.3. The molecule has 1 N–H and O–H groups in total. The summed E-state index contributed by atoms with van der Waals surface area (Å²) in [6.45, 7) is 1.92. The lowest BCUT2D eigenvalue weighted by atomic mass is 10.1. The van der Waals surface area contributed by atoms with E-state index in [0.717, 1.165) is 18.6 Å². The molecule has 19 heavy (non-hydrogen) atoms. The quantitative estimate of drug-likeness (QED) is 0.893. The third-order valence-electron chi connectivity index (χ3n) is 3.47. The van der Waals surface area contributed by atoms with E-state index in [1.54, 1.807) is 7.11 Å². The predicted molar refractivity (Wildman–Crippen MR) is 76.4 cm³/mol. The van der Waals surface area contributed by atoms with Crippen LogP contribution in [0.15, 0.2) is 18.2 Å². The monoisotopic (exact) mass is 283 g/mol. The summed E-state index contributed by atoms with van der Waals surface area (Å²) in [5.41, 5.74) is 2.56. The lowest BCUT2D eigenvalue weighted by Gasteiger charge is -2.20. The van der Waals surface area contributed by atoms with Crippen LogP contribution in [0.1, 0.15) is 30.5 Å². The second kappa shape index (κ2) is 5.51. The molecule has 0 amide bonds. The van der Waals surface area contributed by atoms with E-state index in [1.807, 2.05) is 19.1 Å². The third kappa shape index (κ3) is 3.70. The molecule has 0 spiro atoms. The Labute approximate surface area is 115 Å². The van der Waals surface area contributed by atoms with Crippen molar-refractivity contribution in [2.45, 2.75) is 31.8 Å². The molecule has 0 aromatic heterocycles. The molecule has 106 valence electrons. The number of hydrogen-bond acceptors (Lipinski definition) is 4. The molecule has 1 aromatic rings. The minimum Gasteiger partial charge on any atom is -0.497 e. The zero-order valence-corrected chi connectivity index (χ0v) is 12.5. The second-order valence-corrected chi connectivity index (χ2v) is 7.50. The van der Waals surface area contributed by atoms with Crippen LogP contribution >= 0.6 is 0 Å². The second-order valence-electron chi connectivity index (χ2n) is 5.32. The average molecular weight is 283 g/mol. The van der Waals surface area contributed by atoms with Gasteiger partial charge in [-0.05, 0) is 43.0 Å². The Bertz CT molecular complexity index is 554. The van der Waals surface area contributed by atoms with Gasteiger partial charge in [-0.15, -0.1) is 0 Å². The Morgan fingerprint density at radius 1 is 1.47 bits per heavy atom. The van der Waals surface area contributed by atoms with Crippen LogP contribution in [0.4, 0.5) is 0 Å². The molecule has 2 atom stereocenters. The Kier molecular flexibility index (Phi) is 4.16. The molecule has 0 heterocycles. The van der Waals surface area contributed by atoms with Crippen LogP contribution in [0, 0.1) is 0 Å². The van der Waals surface area contributed by atoms with Crippen LogP contribution in [-0.2, 0) is 16.3 Å². The highest BCUT2D eigenvalue weighted by atomic mass is 32.2. The molecule has 1 aliphatic rings. The standard InChI is InChI=1S/C14H21NO3S/c1-10(9-19(3,16)17)15-14-7-5-11-4-6-12(18-2)8-13(11)14/h4,6,8,10,14-15H,5,7,9H2,1-3H3. The van der Waals surface area contributed by atoms with E-state index in [2.05, 4.69) is 11.4 Å². The summed E-state index contributed by atoms with van der Waals surface area (Å²) < 4.78 is 27.9. The van der Waals surface area contributed by atoms with Crippen molar-refractivity contribution in [3.8, 4) is 5.75 Å². The van der Waals surface area contributed by atoms with E-state index in [1.165, 1.54) is 17.4 Å². The molecular formula is C14H21NO3S. The van der Waals surface area contributed by atoms with Crippen molar-refractivity contribution < 1.29 is 13.2 Å². The molecule has 0 aliphatic heterocycles. The van der Waals surface area contributed by atoms with Gasteiger partial charge in [-0.3, -0.25) is 0 Å². The normalized spacial score (nSPS) is 20.1. The Morgan fingerprint density at radius 3 is 2.84 bits per heavy atom. The minimum atomic E-state index is -2.94. The fourth-order valence-electron chi connectivity index (χ4n) is 2.73. The lowest BCUT2D eigenvalue weighted by Crippen LogP contribution is -2.34. The molecule has 1 aromatic carbocycles. The van der Waals surface area contributed by atoms with Crippen LogP contribution in [0.2, 0.25) is 0 Å². The molecule has 2 unspecified atom stereocenters. The number of nitrogens with one attached hydrogen (secondary N) is 1. The zero-order chi connectivity index (χ0) is 14.0. The van der Waals surface area contributed by atoms with Crippen LogP contribution in [0.25, 0.3) is 0 Å². The number of fused-ring (bicyclic) bond motifs is 1. The van der Waals surface area contributed by atoms with Gasteiger partial charge < -0.3 is 10.1 Å². The smallest absolute Gasteiger partial charge is 0.148 e. The van der Waals surface area contributed by atoms with Crippen molar-refractivity contribution in [1.82, 2.24) is 5.32 Å². The van der Waals surface area contributed by atoms with Crippen LogP contribution in [0.3, 0.4) is 0 Å². The molecule has 0 fully saturated rings. The van der Waals surface area contributed by atoms with Crippen molar-refractivity contribution in [2.24, 2.45) is 0 Å². The molecule has 4 nitrogen and oxygen atoms in total. The van der Waals surface area contributed by atoms with Gasteiger partial charge in [-0.1, -0.05) is 6.07 Å². The third-order valence-corrected chi connectivity index (χ3v) is 4.57. The van der Waals surface area contributed by atoms with Crippen molar-refractivity contribution in [1.29, 1.82) is 0 Å². The van der Waals surface area contributed by atoms with Gasteiger partial charge in [0.15, 0.2) is 0 Å². The maximum atomic E-state index is 11.3. The van der Waals surface area contributed by atoms with E-state index < -0.39 is 9.84 Å². The highest BCUT2D eigenvalue weighted by Crippen LogP contribution is 2.34. The maximum absolute atomic E-state index is 11.3. The van der Waals surface area contributed by atoms with E-state index in [-0.39, 0.29) is 17.8 Å². The van der Waals surface area contributed by atoms with Crippen molar-refractivity contribution >= 4 is 9.84 Å². The highest BCUT2D eigenvalue weighted by molar-refractivity contribution is 7.90. The minimum absolute atomic E-state index is 0.0443. The fraction of sp³-hybridized carbons (Fsp3) is 0.571. The van der Waals surface area contributed by atoms with Crippen molar-refractivity contribution in [2.75, 3.05) is 19.1 Å². The molecule has 1 aliphatic carbocycles. The number of rotatable bonds is 5. The molecule has 0 saturated heterocycles. The number of aryl methyl sites for hydroxylation is 1. The SMILES string of the molecule is COc1ccc2c(c1)C(NC(C)CS(C)(=O)=O)CC2. The van der Waals surface area contributed by atoms with Crippen LogP contribution in [0.5, 0.6) is 5.75 Å². The van der Waals surface area contributed by atoms with Gasteiger partial charge in [0.25, 0.3) is 0 Å². The first-order chi connectivity index (χ1) is 8.89. The predicted octanol–water partition coefficient (Wildman–Crippen LogP) is 1.71. The largest absolute Gasteiger partial charge is 0.497 e. The Balaban J connectivity index is 2.09. The average Bonchev–Trinajstić information content (AvgIpc) is 2.69. The maximum Gasteiger partial charge on any atom is 0.148 e. The Morgan fingerprint density at radius 2 is 2.21 bits per heavy atom. The first-order valence-corrected chi connectivity index (χ1v) is 8.55. The molecule has 0 radical (unpaired) electrons. The fourth-order valence-corrected chi connectivity index (χ4v) is 3.73. The first-order valence-electron chi connectivity index (χ1n) is 6.49. The summed E-state index contributed by atoms with van der Waals surface area (Å²) >= 11 is 0. The summed E-state index contributed by atoms with van der Waals surface area (Å²) in [7, 11) is -1.28. The lowest BCUT2D eigenvalue weighted by molar-refractivity contribution is 0.412. The summed E-state index contributed by atoms with van der Waals surface area (Å²) in [6, 6.07) is 6.30. The van der Waals surface area contributed by atoms with E-state index in [9.17, 15) is 8.42 Å². The van der Waals surface area contributed by atoms with E-state index in [0.29, 0.717) is 0 Å². The van der Waals surface area contributed by atoms with E-state index >= 15 is 0 Å². The summed E-state index contributed by atoms with van der Waals surface area (Å²) in [4.78, 5) is 0.